The van der Waals surface area contributed by atoms with Crippen LogP contribution in [0.2, 0.25) is 0 Å². The summed E-state index contributed by atoms with van der Waals surface area (Å²) in [5, 5.41) is 9.16. The van der Waals surface area contributed by atoms with Crippen LogP contribution < -0.4 is 0 Å². The van der Waals surface area contributed by atoms with Crippen molar-refractivity contribution >= 4 is 16.0 Å². The van der Waals surface area contributed by atoms with E-state index in [1.807, 2.05) is 6.07 Å². The molecule has 0 amide bonds. The Hall–Kier alpha value is -1.40. The molecule has 1 aromatic carbocycles. The third-order valence-electron chi connectivity index (χ3n) is 3.80. The predicted molar refractivity (Wildman–Crippen MR) is 75.6 cm³/mol. The fourth-order valence-electron chi connectivity index (χ4n) is 2.70. The molecule has 1 aliphatic rings. The van der Waals surface area contributed by atoms with E-state index in [4.69, 9.17) is 5.11 Å². The minimum atomic E-state index is -3.48. The first-order valence-corrected chi connectivity index (χ1v) is 8.29. The number of aliphatic carboxylic acids is 1. The van der Waals surface area contributed by atoms with Gasteiger partial charge in [0, 0.05) is 12.6 Å². The minimum Gasteiger partial charge on any atom is -0.481 e. The summed E-state index contributed by atoms with van der Waals surface area (Å²) in [4.78, 5) is 11.2. The van der Waals surface area contributed by atoms with Gasteiger partial charge in [-0.25, -0.2) is 8.42 Å². The van der Waals surface area contributed by atoms with Gasteiger partial charge in [0.25, 0.3) is 0 Å². The molecule has 0 radical (unpaired) electrons. The maximum absolute atomic E-state index is 12.5. The highest BCUT2D eigenvalue weighted by Gasteiger charge is 2.38. The molecule has 1 aliphatic heterocycles. The summed E-state index contributed by atoms with van der Waals surface area (Å²) in [6, 6.07) is 8.46. The number of nitrogens with zero attached hydrogens (tertiary/aromatic N) is 1. The highest BCUT2D eigenvalue weighted by Crippen LogP contribution is 2.27. The summed E-state index contributed by atoms with van der Waals surface area (Å²) in [5.41, 5.74) is 0.720. The van der Waals surface area contributed by atoms with Crippen molar-refractivity contribution < 1.29 is 18.3 Å². The number of carbonyl (C=O) groups is 1. The van der Waals surface area contributed by atoms with Crippen molar-refractivity contribution in [2.75, 3.05) is 6.54 Å². The Labute approximate surface area is 119 Å². The summed E-state index contributed by atoms with van der Waals surface area (Å²) < 4.78 is 26.3. The van der Waals surface area contributed by atoms with Crippen molar-refractivity contribution in [1.82, 2.24) is 4.31 Å². The van der Waals surface area contributed by atoms with E-state index in [1.165, 1.54) is 4.31 Å². The van der Waals surface area contributed by atoms with Gasteiger partial charge in [-0.2, -0.15) is 4.31 Å². The molecule has 5 nitrogen and oxygen atoms in total. The van der Waals surface area contributed by atoms with Gasteiger partial charge < -0.3 is 5.11 Å². The topological polar surface area (TPSA) is 74.7 Å². The lowest BCUT2D eigenvalue weighted by atomic mass is 9.92. The SMILES string of the molecule is C[C@@H]1[C@H](C(=O)O)CCCN1S(=O)(=O)Cc1ccccc1. The molecular weight excluding hydrogens is 278 g/mol. The predicted octanol–water partition coefficient (Wildman–Crippen LogP) is 1.70. The fourth-order valence-corrected chi connectivity index (χ4v) is 4.54. The molecule has 0 spiro atoms. The summed E-state index contributed by atoms with van der Waals surface area (Å²) >= 11 is 0. The Morgan fingerprint density at radius 3 is 2.60 bits per heavy atom. The summed E-state index contributed by atoms with van der Waals surface area (Å²) in [7, 11) is -3.48. The molecule has 20 heavy (non-hydrogen) atoms. The van der Waals surface area contributed by atoms with Crippen LogP contribution in [-0.4, -0.2) is 36.4 Å². The molecule has 1 saturated heterocycles. The molecule has 1 N–H and O–H groups in total. The van der Waals surface area contributed by atoms with E-state index in [1.54, 1.807) is 31.2 Å². The maximum atomic E-state index is 12.5. The van der Waals surface area contributed by atoms with Gasteiger partial charge in [-0.05, 0) is 25.3 Å². The zero-order valence-electron chi connectivity index (χ0n) is 11.4. The zero-order chi connectivity index (χ0) is 14.8. The van der Waals surface area contributed by atoms with Gasteiger partial charge in [0.15, 0.2) is 0 Å². The Kier molecular flexibility index (Phi) is 4.45. The second-order valence-electron chi connectivity index (χ2n) is 5.18. The van der Waals surface area contributed by atoms with Crippen molar-refractivity contribution in [3.05, 3.63) is 35.9 Å². The maximum Gasteiger partial charge on any atom is 0.308 e. The monoisotopic (exact) mass is 297 g/mol. The van der Waals surface area contributed by atoms with E-state index in [0.717, 1.165) is 5.56 Å². The van der Waals surface area contributed by atoms with Gasteiger partial charge >= 0.3 is 5.97 Å². The molecule has 1 heterocycles. The normalized spacial score (nSPS) is 24.4. The first-order valence-electron chi connectivity index (χ1n) is 6.68. The zero-order valence-corrected chi connectivity index (χ0v) is 12.2. The number of carboxylic acids is 1. The number of piperidine rings is 1. The van der Waals surface area contributed by atoms with Gasteiger partial charge in [0.05, 0.1) is 11.7 Å². The molecule has 0 aliphatic carbocycles. The van der Waals surface area contributed by atoms with Crippen LogP contribution in [0.15, 0.2) is 30.3 Å². The number of benzene rings is 1. The Morgan fingerprint density at radius 2 is 2.00 bits per heavy atom. The van der Waals surface area contributed by atoms with Crippen molar-refractivity contribution in [3.8, 4) is 0 Å². The van der Waals surface area contributed by atoms with E-state index in [2.05, 4.69) is 0 Å². The van der Waals surface area contributed by atoms with Crippen LogP contribution in [0.1, 0.15) is 25.3 Å². The quantitative estimate of drug-likeness (QED) is 0.918. The van der Waals surface area contributed by atoms with Gasteiger partial charge in [-0.15, -0.1) is 0 Å². The van der Waals surface area contributed by atoms with Gasteiger partial charge in [-0.1, -0.05) is 30.3 Å². The van der Waals surface area contributed by atoms with Crippen molar-refractivity contribution in [3.63, 3.8) is 0 Å². The second-order valence-corrected chi connectivity index (χ2v) is 7.10. The van der Waals surface area contributed by atoms with Crippen LogP contribution in [0.25, 0.3) is 0 Å². The van der Waals surface area contributed by atoms with Crippen LogP contribution >= 0.6 is 0 Å². The lowest BCUT2D eigenvalue weighted by Gasteiger charge is -2.36. The molecular formula is C14H19NO4S. The van der Waals surface area contributed by atoms with Gasteiger partial charge in [-0.3, -0.25) is 4.79 Å². The number of carboxylic acid groups (broad SMARTS) is 1. The van der Waals surface area contributed by atoms with Crippen LogP contribution in [0, 0.1) is 5.92 Å². The smallest absolute Gasteiger partial charge is 0.308 e. The van der Waals surface area contributed by atoms with Crippen LogP contribution in [-0.2, 0) is 20.6 Å². The molecule has 0 aromatic heterocycles. The molecule has 2 atom stereocenters. The summed E-state index contributed by atoms with van der Waals surface area (Å²) in [5.74, 6) is -1.61. The highest BCUT2D eigenvalue weighted by atomic mass is 32.2. The molecule has 0 bridgehead atoms. The molecule has 6 heteroatoms. The van der Waals surface area contributed by atoms with Crippen molar-refractivity contribution in [2.45, 2.75) is 31.6 Å². The van der Waals surface area contributed by atoms with Crippen LogP contribution in [0.3, 0.4) is 0 Å². The Bertz CT molecular complexity index is 570. The number of rotatable bonds is 4. The largest absolute Gasteiger partial charge is 0.481 e. The van der Waals surface area contributed by atoms with E-state index < -0.39 is 28.0 Å². The highest BCUT2D eigenvalue weighted by molar-refractivity contribution is 7.88. The Balaban J connectivity index is 2.18. The third-order valence-corrected chi connectivity index (χ3v) is 5.72. The average molecular weight is 297 g/mol. The van der Waals surface area contributed by atoms with Crippen LogP contribution in [0.4, 0.5) is 0 Å². The number of hydrogen-bond acceptors (Lipinski definition) is 3. The molecule has 1 aromatic rings. The minimum absolute atomic E-state index is 0.0789. The molecule has 0 unspecified atom stereocenters. The van der Waals surface area contributed by atoms with Gasteiger partial charge in [0.1, 0.15) is 0 Å². The second kappa shape index (κ2) is 5.93. The molecule has 110 valence electrons. The fraction of sp³-hybridized carbons (Fsp3) is 0.500. The number of hydrogen-bond donors (Lipinski definition) is 1. The van der Waals surface area contributed by atoms with Crippen LogP contribution in [0.5, 0.6) is 0 Å². The van der Waals surface area contributed by atoms with Gasteiger partial charge in [0.2, 0.25) is 10.0 Å². The summed E-state index contributed by atoms with van der Waals surface area (Å²) in [6.07, 6.45) is 1.13. The first kappa shape index (κ1) is 15.0. The molecule has 1 fully saturated rings. The van der Waals surface area contributed by atoms with E-state index in [0.29, 0.717) is 19.4 Å². The first-order chi connectivity index (χ1) is 9.42. The summed E-state index contributed by atoms with van der Waals surface area (Å²) in [6.45, 7) is 2.08. The van der Waals surface area contributed by atoms with Crippen molar-refractivity contribution in [2.24, 2.45) is 5.92 Å². The van der Waals surface area contributed by atoms with Crippen molar-refractivity contribution in [1.29, 1.82) is 0 Å². The lowest BCUT2D eigenvalue weighted by Crippen LogP contribution is -2.49. The third kappa shape index (κ3) is 3.19. The number of sulfonamides is 1. The molecule has 2 rings (SSSR count). The molecule has 0 saturated carbocycles. The standard InChI is InChI=1S/C14H19NO4S/c1-11-13(14(16)17)8-5-9-15(11)20(18,19)10-12-6-3-2-4-7-12/h2-4,6-7,11,13H,5,8-10H2,1H3,(H,16,17)/t11-,13-/m1/s1. The van der Waals surface area contributed by atoms with E-state index in [-0.39, 0.29) is 5.75 Å². The van der Waals surface area contributed by atoms with E-state index in [9.17, 15) is 13.2 Å². The Morgan fingerprint density at radius 1 is 1.35 bits per heavy atom. The average Bonchev–Trinajstić information content (AvgIpc) is 2.39. The van der Waals surface area contributed by atoms with E-state index >= 15 is 0 Å². The lowest BCUT2D eigenvalue weighted by molar-refractivity contribution is -0.144.